The van der Waals surface area contributed by atoms with Crippen LogP contribution in [-0.2, 0) is 25.9 Å². The van der Waals surface area contributed by atoms with Crippen LogP contribution in [0, 0.1) is 0 Å². The fourth-order valence-corrected chi connectivity index (χ4v) is 5.31. The van der Waals surface area contributed by atoms with Crippen LogP contribution in [0.5, 0.6) is 0 Å². The van der Waals surface area contributed by atoms with Crippen molar-refractivity contribution in [2.45, 2.75) is 87.8 Å². The Labute approximate surface area is 218 Å². The summed E-state index contributed by atoms with van der Waals surface area (Å²) in [6.45, 7) is 5.19. The van der Waals surface area contributed by atoms with Gasteiger partial charge in [-0.15, -0.1) is 0 Å². The summed E-state index contributed by atoms with van der Waals surface area (Å²) < 4.78 is 40.5. The molecular formula is C26H38N4O6S. The number of carbonyl (C=O) groups is 1. The first-order valence-electron chi connectivity index (χ1n) is 12.4. The molecule has 3 atom stereocenters. The molecule has 1 aliphatic rings. The molecule has 0 heterocycles. The zero-order chi connectivity index (χ0) is 27.2. The second-order valence-corrected chi connectivity index (χ2v) is 12.0. The molecule has 1 amide bonds. The van der Waals surface area contributed by atoms with Gasteiger partial charge in [0, 0.05) is 0 Å². The molecule has 204 valence electrons. The van der Waals surface area contributed by atoms with E-state index in [2.05, 4.69) is 10.0 Å². The van der Waals surface area contributed by atoms with Crippen molar-refractivity contribution in [3.63, 3.8) is 0 Å². The molecule has 0 aromatic heterocycles. The minimum Gasteiger partial charge on any atom is -0.444 e. The van der Waals surface area contributed by atoms with Gasteiger partial charge in [0.25, 0.3) is 0 Å². The molecule has 0 radical (unpaired) electrons. The van der Waals surface area contributed by atoms with Crippen LogP contribution in [0.15, 0.2) is 53.4 Å². The summed E-state index contributed by atoms with van der Waals surface area (Å²) in [5, 5.41) is 14.2. The average Bonchev–Trinajstić information content (AvgIpc) is 3.32. The van der Waals surface area contributed by atoms with Crippen LogP contribution >= 0.6 is 0 Å². The second kappa shape index (κ2) is 12.1. The number of nitrogen functional groups attached to an aromatic ring is 2. The first-order chi connectivity index (χ1) is 17.3. The molecule has 3 rings (SSSR count). The first kappa shape index (κ1) is 28.7. The Morgan fingerprint density at radius 1 is 1.08 bits per heavy atom. The number of amides is 1. The lowest BCUT2D eigenvalue weighted by Gasteiger charge is -2.33. The van der Waals surface area contributed by atoms with Crippen LogP contribution in [0.3, 0.4) is 0 Å². The Morgan fingerprint density at radius 2 is 1.73 bits per heavy atom. The van der Waals surface area contributed by atoms with Crippen molar-refractivity contribution < 1.29 is 27.8 Å². The minimum atomic E-state index is -4.16. The molecule has 0 aliphatic heterocycles. The quantitative estimate of drug-likeness (QED) is 0.229. The Hall–Kier alpha value is -2.86. The lowest BCUT2D eigenvalue weighted by atomic mass is 10.0. The largest absolute Gasteiger partial charge is 0.444 e. The van der Waals surface area contributed by atoms with Crippen LogP contribution in [0.1, 0.15) is 52.0 Å². The number of anilines is 2. The van der Waals surface area contributed by atoms with E-state index in [9.17, 15) is 18.3 Å². The van der Waals surface area contributed by atoms with E-state index in [1.807, 2.05) is 30.3 Å². The van der Waals surface area contributed by atoms with Crippen molar-refractivity contribution in [1.82, 2.24) is 10.0 Å². The standard InChI is InChI=1S/C26H38N4O6S/c1-26(2,3)36-25(32)29-22(15-17-9-5-4-6-10-17)23(31)24(35-18-11-7-8-12-18)30-37(33,34)19-13-14-20(27)21(28)16-19/h4-6,9-10,13-14,16,18,22-24,30-31H,7-8,11-12,15,27-28H2,1-3H3,(H,29,32)/t22-,23+,24?/m0/s1. The fourth-order valence-electron chi connectivity index (χ4n) is 4.15. The predicted molar refractivity (Wildman–Crippen MR) is 142 cm³/mol. The van der Waals surface area contributed by atoms with Crippen LogP contribution in [0.4, 0.5) is 16.2 Å². The minimum absolute atomic E-state index is 0.116. The zero-order valence-electron chi connectivity index (χ0n) is 21.5. The SMILES string of the molecule is CC(C)(C)OC(=O)N[C@@H](Cc1ccccc1)[C@@H](O)C(NS(=O)(=O)c1ccc(N)c(N)c1)OC1CCCC1. The highest BCUT2D eigenvalue weighted by atomic mass is 32.2. The number of rotatable bonds is 10. The highest BCUT2D eigenvalue weighted by Crippen LogP contribution is 2.25. The van der Waals surface area contributed by atoms with Gasteiger partial charge in [-0.3, -0.25) is 0 Å². The molecule has 2 aromatic carbocycles. The summed E-state index contributed by atoms with van der Waals surface area (Å²) in [5.74, 6) is 0. The lowest BCUT2D eigenvalue weighted by molar-refractivity contribution is -0.0905. The summed E-state index contributed by atoms with van der Waals surface area (Å²) in [4.78, 5) is 12.5. The third kappa shape index (κ3) is 8.60. The molecule has 2 aromatic rings. The van der Waals surface area contributed by atoms with Crippen molar-refractivity contribution in [1.29, 1.82) is 0 Å². The van der Waals surface area contributed by atoms with Crippen molar-refractivity contribution in [3.05, 3.63) is 54.1 Å². The number of benzene rings is 2. The van der Waals surface area contributed by atoms with E-state index in [1.54, 1.807) is 20.8 Å². The van der Waals surface area contributed by atoms with Gasteiger partial charge in [0.2, 0.25) is 10.0 Å². The molecule has 11 heteroatoms. The predicted octanol–water partition coefficient (Wildman–Crippen LogP) is 2.91. The molecule has 0 saturated heterocycles. The molecule has 1 unspecified atom stereocenters. The van der Waals surface area contributed by atoms with E-state index in [0.717, 1.165) is 31.2 Å². The van der Waals surface area contributed by atoms with E-state index in [-0.39, 0.29) is 28.8 Å². The highest BCUT2D eigenvalue weighted by molar-refractivity contribution is 7.89. The third-order valence-corrected chi connectivity index (χ3v) is 7.42. The number of carbonyl (C=O) groups excluding carboxylic acids is 1. The van der Waals surface area contributed by atoms with Crippen molar-refractivity contribution in [3.8, 4) is 0 Å². The number of hydrogen-bond acceptors (Lipinski definition) is 8. The van der Waals surface area contributed by atoms with Gasteiger partial charge in [-0.05, 0) is 63.8 Å². The number of alkyl carbamates (subject to hydrolysis) is 1. The number of sulfonamides is 1. The molecule has 1 saturated carbocycles. The Balaban J connectivity index is 1.90. The van der Waals surface area contributed by atoms with E-state index in [4.69, 9.17) is 20.9 Å². The molecule has 1 aliphatic carbocycles. The monoisotopic (exact) mass is 534 g/mol. The number of ether oxygens (including phenoxy) is 2. The van der Waals surface area contributed by atoms with Gasteiger partial charge in [-0.1, -0.05) is 43.2 Å². The Bertz CT molecular complexity index is 1150. The maximum atomic E-state index is 13.3. The summed E-state index contributed by atoms with van der Waals surface area (Å²) in [6, 6.07) is 12.3. The molecule has 37 heavy (non-hydrogen) atoms. The van der Waals surface area contributed by atoms with Gasteiger partial charge < -0.3 is 31.4 Å². The van der Waals surface area contributed by atoms with Crippen LogP contribution in [0.2, 0.25) is 0 Å². The average molecular weight is 535 g/mol. The number of hydrogen-bond donors (Lipinski definition) is 5. The number of aliphatic hydroxyl groups is 1. The summed E-state index contributed by atoms with van der Waals surface area (Å²) >= 11 is 0. The van der Waals surface area contributed by atoms with E-state index < -0.39 is 40.1 Å². The molecule has 1 fully saturated rings. The molecule has 7 N–H and O–H groups in total. The summed E-state index contributed by atoms with van der Waals surface area (Å²) in [5.41, 5.74) is 12.0. The molecular weight excluding hydrogens is 496 g/mol. The van der Waals surface area contributed by atoms with Gasteiger partial charge in [-0.25, -0.2) is 13.2 Å². The topological polar surface area (TPSA) is 166 Å². The second-order valence-electron chi connectivity index (χ2n) is 10.3. The van der Waals surface area contributed by atoms with Gasteiger partial charge in [0.15, 0.2) is 0 Å². The molecule has 0 bridgehead atoms. The Kier molecular flexibility index (Phi) is 9.41. The number of nitrogens with one attached hydrogen (secondary N) is 2. The van der Waals surface area contributed by atoms with Gasteiger partial charge in [0.1, 0.15) is 17.9 Å². The van der Waals surface area contributed by atoms with Crippen molar-refractivity contribution in [2.75, 3.05) is 11.5 Å². The fraction of sp³-hybridized carbons (Fsp3) is 0.500. The summed E-state index contributed by atoms with van der Waals surface area (Å²) in [7, 11) is -4.16. The van der Waals surface area contributed by atoms with Gasteiger partial charge in [0.05, 0.1) is 28.4 Å². The van der Waals surface area contributed by atoms with Gasteiger partial charge >= 0.3 is 6.09 Å². The van der Waals surface area contributed by atoms with Gasteiger partial charge in [-0.2, -0.15) is 4.72 Å². The van der Waals surface area contributed by atoms with E-state index in [0.29, 0.717) is 0 Å². The van der Waals surface area contributed by atoms with E-state index in [1.165, 1.54) is 18.2 Å². The highest BCUT2D eigenvalue weighted by Gasteiger charge is 2.36. The van der Waals surface area contributed by atoms with Crippen molar-refractivity contribution in [2.24, 2.45) is 0 Å². The Morgan fingerprint density at radius 3 is 2.32 bits per heavy atom. The molecule has 0 spiro atoms. The summed E-state index contributed by atoms with van der Waals surface area (Å²) in [6.07, 6.45) is -0.201. The smallest absolute Gasteiger partial charge is 0.407 e. The van der Waals surface area contributed by atoms with Crippen LogP contribution < -0.4 is 21.5 Å². The lowest BCUT2D eigenvalue weighted by Crippen LogP contribution is -2.57. The van der Waals surface area contributed by atoms with Crippen molar-refractivity contribution >= 4 is 27.5 Å². The van der Waals surface area contributed by atoms with Crippen LogP contribution in [-0.4, -0.2) is 49.7 Å². The van der Waals surface area contributed by atoms with E-state index >= 15 is 0 Å². The number of aliphatic hydroxyl groups excluding tert-OH is 1. The zero-order valence-corrected chi connectivity index (χ0v) is 22.3. The first-order valence-corrected chi connectivity index (χ1v) is 13.9. The normalized spacial score (nSPS) is 17.2. The third-order valence-electron chi connectivity index (χ3n) is 6.00. The number of nitrogens with two attached hydrogens (primary N) is 2. The molecule has 10 nitrogen and oxygen atoms in total. The maximum Gasteiger partial charge on any atom is 0.407 e. The maximum absolute atomic E-state index is 13.3. The van der Waals surface area contributed by atoms with Crippen LogP contribution in [0.25, 0.3) is 0 Å².